The Kier molecular flexibility index (Phi) is 2.78. The molecular weight excluding hydrogens is 192 g/mol. The van der Waals surface area contributed by atoms with Crippen LogP contribution >= 0.6 is 11.6 Å². The maximum Gasteiger partial charge on any atom is 0.337 e. The van der Waals surface area contributed by atoms with Gasteiger partial charge in [-0.05, 0) is 24.6 Å². The average Bonchev–Trinajstić information content (AvgIpc) is 2.03. The molecule has 0 fully saturated rings. The molecule has 0 saturated carbocycles. The number of aromatic carboxylic acids is 1. The fourth-order valence-electron chi connectivity index (χ4n) is 1.04. The van der Waals surface area contributed by atoms with Gasteiger partial charge in [-0.15, -0.1) is 0 Å². The van der Waals surface area contributed by atoms with Crippen LogP contribution in [0, 0.1) is 6.92 Å². The highest BCUT2D eigenvalue weighted by atomic mass is 35.5. The molecule has 0 aliphatic carbocycles. The molecule has 0 aromatic heterocycles. The number of carbonyl (C=O) groups is 1. The number of carboxylic acids is 1. The van der Waals surface area contributed by atoms with Gasteiger partial charge >= 0.3 is 5.97 Å². The molecule has 4 heteroatoms. The standard InChI is InChI=1S/C9H9ClO3/c1-5-3-7(10)6(9(11)12)4-8(5)13-2/h3-4H,1-2H3,(H,11,12). The van der Waals surface area contributed by atoms with Crippen LogP contribution in [0.25, 0.3) is 0 Å². The molecule has 0 unspecified atom stereocenters. The number of benzene rings is 1. The molecule has 1 aromatic rings. The fourth-order valence-corrected chi connectivity index (χ4v) is 1.34. The summed E-state index contributed by atoms with van der Waals surface area (Å²) in [5, 5.41) is 8.96. The van der Waals surface area contributed by atoms with E-state index in [1.807, 2.05) is 0 Å². The number of carboxylic acid groups (broad SMARTS) is 1. The predicted octanol–water partition coefficient (Wildman–Crippen LogP) is 2.36. The van der Waals surface area contributed by atoms with Crippen LogP contribution in [0.2, 0.25) is 5.02 Å². The van der Waals surface area contributed by atoms with Crippen molar-refractivity contribution in [3.63, 3.8) is 0 Å². The quantitative estimate of drug-likeness (QED) is 0.797. The average molecular weight is 201 g/mol. The highest BCUT2D eigenvalue weighted by Crippen LogP contribution is 2.26. The van der Waals surface area contributed by atoms with Gasteiger partial charge in [0, 0.05) is 0 Å². The van der Waals surface area contributed by atoms with Gasteiger partial charge in [-0.25, -0.2) is 4.79 Å². The highest BCUT2D eigenvalue weighted by Gasteiger charge is 2.11. The second-order valence-corrected chi connectivity index (χ2v) is 3.01. The number of hydrogen-bond donors (Lipinski definition) is 1. The van der Waals surface area contributed by atoms with Crippen LogP contribution in [-0.4, -0.2) is 18.2 Å². The van der Waals surface area contributed by atoms with Crippen LogP contribution in [0.3, 0.4) is 0 Å². The lowest BCUT2D eigenvalue weighted by atomic mass is 10.1. The first kappa shape index (κ1) is 9.86. The fraction of sp³-hybridized carbons (Fsp3) is 0.222. The van der Waals surface area contributed by atoms with Gasteiger partial charge in [0.05, 0.1) is 17.7 Å². The molecule has 0 radical (unpaired) electrons. The van der Waals surface area contributed by atoms with E-state index in [2.05, 4.69) is 0 Å². The molecule has 0 amide bonds. The van der Waals surface area contributed by atoms with E-state index in [1.54, 1.807) is 13.0 Å². The lowest BCUT2D eigenvalue weighted by Crippen LogP contribution is -1.99. The summed E-state index contributed by atoms with van der Waals surface area (Å²) >= 11 is 5.72. The number of hydrogen-bond acceptors (Lipinski definition) is 2. The SMILES string of the molecule is COc1cc(C(=O)O)c(Cl)cc1C. The molecule has 0 saturated heterocycles. The molecule has 0 aliphatic rings. The van der Waals surface area contributed by atoms with Crippen LogP contribution < -0.4 is 4.74 Å². The molecule has 0 bridgehead atoms. The molecule has 0 spiro atoms. The van der Waals surface area contributed by atoms with Gasteiger partial charge in [-0.2, -0.15) is 0 Å². The van der Waals surface area contributed by atoms with Crippen LogP contribution in [0.15, 0.2) is 12.1 Å². The highest BCUT2D eigenvalue weighted by molar-refractivity contribution is 6.33. The minimum Gasteiger partial charge on any atom is -0.496 e. The minimum atomic E-state index is -1.05. The zero-order valence-corrected chi connectivity index (χ0v) is 8.05. The van der Waals surface area contributed by atoms with Gasteiger partial charge in [0.25, 0.3) is 0 Å². The first-order valence-corrected chi connectivity index (χ1v) is 4.01. The van der Waals surface area contributed by atoms with Crippen molar-refractivity contribution in [2.45, 2.75) is 6.92 Å². The van der Waals surface area contributed by atoms with E-state index in [9.17, 15) is 4.79 Å². The molecule has 3 nitrogen and oxygen atoms in total. The third-order valence-electron chi connectivity index (χ3n) is 1.71. The van der Waals surface area contributed by atoms with Gasteiger partial charge in [0.2, 0.25) is 0 Å². The number of rotatable bonds is 2. The monoisotopic (exact) mass is 200 g/mol. The Labute approximate surface area is 80.9 Å². The summed E-state index contributed by atoms with van der Waals surface area (Å²) in [5.41, 5.74) is 0.876. The molecule has 0 heterocycles. The number of halogens is 1. The number of aryl methyl sites for hydroxylation is 1. The maximum absolute atomic E-state index is 10.7. The summed E-state index contributed by atoms with van der Waals surface area (Å²) in [7, 11) is 1.49. The van der Waals surface area contributed by atoms with E-state index >= 15 is 0 Å². The van der Waals surface area contributed by atoms with E-state index in [4.69, 9.17) is 21.4 Å². The van der Waals surface area contributed by atoms with Crippen LogP contribution in [0.5, 0.6) is 5.75 Å². The molecule has 1 N–H and O–H groups in total. The molecular formula is C9H9ClO3. The van der Waals surface area contributed by atoms with Gasteiger partial charge < -0.3 is 9.84 Å². The first-order valence-electron chi connectivity index (χ1n) is 3.63. The van der Waals surface area contributed by atoms with E-state index in [0.29, 0.717) is 5.75 Å². The Bertz CT molecular complexity index is 347. The first-order chi connectivity index (χ1) is 6.06. The largest absolute Gasteiger partial charge is 0.496 e. The molecule has 1 rings (SSSR count). The summed E-state index contributed by atoms with van der Waals surface area (Å²) < 4.78 is 4.97. The van der Waals surface area contributed by atoms with Gasteiger partial charge in [-0.1, -0.05) is 11.6 Å². The van der Waals surface area contributed by atoms with Crippen LogP contribution in [-0.2, 0) is 0 Å². The van der Waals surface area contributed by atoms with Crippen molar-refractivity contribution in [3.05, 3.63) is 28.3 Å². The second-order valence-electron chi connectivity index (χ2n) is 2.61. The van der Waals surface area contributed by atoms with E-state index < -0.39 is 5.97 Å². The lowest BCUT2D eigenvalue weighted by molar-refractivity contribution is 0.0696. The third-order valence-corrected chi connectivity index (χ3v) is 2.03. The number of methoxy groups -OCH3 is 1. The van der Waals surface area contributed by atoms with Crippen molar-refractivity contribution in [2.75, 3.05) is 7.11 Å². The van der Waals surface area contributed by atoms with Gasteiger partial charge in [-0.3, -0.25) is 0 Å². The molecule has 13 heavy (non-hydrogen) atoms. The maximum atomic E-state index is 10.7. The van der Waals surface area contributed by atoms with Crippen molar-refractivity contribution in [2.24, 2.45) is 0 Å². The second kappa shape index (κ2) is 3.66. The van der Waals surface area contributed by atoms with Crippen molar-refractivity contribution in [1.82, 2.24) is 0 Å². The van der Waals surface area contributed by atoms with Gasteiger partial charge in [0.15, 0.2) is 0 Å². The Morgan fingerprint density at radius 1 is 1.54 bits per heavy atom. The molecule has 70 valence electrons. The summed E-state index contributed by atoms with van der Waals surface area (Å²) in [6.45, 7) is 1.80. The van der Waals surface area contributed by atoms with Crippen molar-refractivity contribution in [3.8, 4) is 5.75 Å². The van der Waals surface area contributed by atoms with E-state index in [0.717, 1.165) is 5.56 Å². The van der Waals surface area contributed by atoms with E-state index in [-0.39, 0.29) is 10.6 Å². The van der Waals surface area contributed by atoms with Crippen molar-refractivity contribution in [1.29, 1.82) is 0 Å². The summed E-state index contributed by atoms with van der Waals surface area (Å²) in [5.74, 6) is -0.523. The molecule has 0 atom stereocenters. The normalized spacial score (nSPS) is 9.77. The zero-order valence-electron chi connectivity index (χ0n) is 7.30. The van der Waals surface area contributed by atoms with Crippen molar-refractivity contribution >= 4 is 17.6 Å². The Hall–Kier alpha value is -1.22. The number of ether oxygens (including phenoxy) is 1. The lowest BCUT2D eigenvalue weighted by Gasteiger charge is -2.06. The molecule has 1 aromatic carbocycles. The zero-order chi connectivity index (χ0) is 10.0. The summed E-state index contributed by atoms with van der Waals surface area (Å²) in [6.07, 6.45) is 0. The molecule has 0 aliphatic heterocycles. The van der Waals surface area contributed by atoms with Crippen LogP contribution in [0.4, 0.5) is 0 Å². The third kappa shape index (κ3) is 1.92. The van der Waals surface area contributed by atoms with E-state index in [1.165, 1.54) is 13.2 Å². The van der Waals surface area contributed by atoms with Crippen molar-refractivity contribution < 1.29 is 14.6 Å². The Morgan fingerprint density at radius 3 is 2.62 bits per heavy atom. The minimum absolute atomic E-state index is 0.0594. The smallest absolute Gasteiger partial charge is 0.337 e. The topological polar surface area (TPSA) is 46.5 Å². The predicted molar refractivity (Wildman–Crippen MR) is 49.7 cm³/mol. The van der Waals surface area contributed by atoms with Crippen LogP contribution in [0.1, 0.15) is 15.9 Å². The Balaban J connectivity index is 3.30. The van der Waals surface area contributed by atoms with Gasteiger partial charge in [0.1, 0.15) is 5.75 Å². The summed E-state index contributed by atoms with van der Waals surface area (Å²) in [4.78, 5) is 10.7. The summed E-state index contributed by atoms with van der Waals surface area (Å²) in [6, 6.07) is 2.99. The Morgan fingerprint density at radius 2 is 2.15 bits per heavy atom.